The molecule has 1 amide bonds. The normalized spacial score (nSPS) is 20.4. The maximum Gasteiger partial charge on any atom is 0.501 e. The van der Waals surface area contributed by atoms with Gasteiger partial charge >= 0.3 is 5.51 Å². The van der Waals surface area contributed by atoms with Gasteiger partial charge in [-0.25, -0.2) is 12.6 Å². The third-order valence-corrected chi connectivity index (χ3v) is 16.9. The van der Waals surface area contributed by atoms with E-state index in [0.29, 0.717) is 48.1 Å². The number of aromatic nitrogens is 1. The molecule has 4 heterocycles. The SMILES string of the molecule is Cc1c2c(c(-c3ccc(Cl)cc3)n1C)C1C=C(N3CCN(C4=CC=C(NS(=O)c5ccc(NSc6ccccc6)c(S(=O)(=O)C(F)(F)F)c5)CC4)CC3)C(C)C3=C1N(CCN3CCO)C2=O. The van der Waals surface area contributed by atoms with Gasteiger partial charge < -0.3 is 38.7 Å². The van der Waals surface area contributed by atoms with Crippen molar-refractivity contribution in [2.75, 3.05) is 57.1 Å². The molecule has 66 heavy (non-hydrogen) atoms. The zero-order valence-electron chi connectivity index (χ0n) is 36.4. The Balaban J connectivity index is 0.929. The third-order valence-electron chi connectivity index (χ3n) is 13.1. The average molecular weight is 981 g/mol. The second kappa shape index (κ2) is 18.2. The highest BCUT2D eigenvalue weighted by Gasteiger charge is 2.49. The molecule has 9 rings (SSSR count). The fourth-order valence-electron chi connectivity index (χ4n) is 9.83. The van der Waals surface area contributed by atoms with E-state index >= 15 is 0 Å². The minimum absolute atomic E-state index is 0.00480. The predicted octanol–water partition coefficient (Wildman–Crippen LogP) is 8.15. The van der Waals surface area contributed by atoms with Crippen LogP contribution in [-0.2, 0) is 27.9 Å². The first-order chi connectivity index (χ1) is 31.6. The molecule has 0 bridgehead atoms. The molecule has 3 aromatic carbocycles. The Morgan fingerprint density at radius 1 is 0.924 bits per heavy atom. The van der Waals surface area contributed by atoms with E-state index < -0.39 is 31.2 Å². The van der Waals surface area contributed by atoms with E-state index in [4.69, 9.17) is 11.6 Å². The minimum atomic E-state index is -5.78. The third kappa shape index (κ3) is 8.32. The number of allylic oxidation sites excluding steroid dienone is 5. The van der Waals surface area contributed by atoms with Crippen LogP contribution in [0, 0.1) is 12.8 Å². The Hall–Kier alpha value is -5.14. The predicted molar refractivity (Wildman–Crippen MR) is 251 cm³/mol. The highest BCUT2D eigenvalue weighted by molar-refractivity contribution is 8.00. The van der Waals surface area contributed by atoms with Crippen molar-refractivity contribution in [3.8, 4) is 11.3 Å². The molecular formula is C47H49ClF3N7O5S3. The Morgan fingerprint density at radius 3 is 2.30 bits per heavy atom. The standard InChI is InChI=1S/C47H49ClF3N7O5S3/c1-29-39(28-37-42-41(30(2)54(3)44(42)31-9-11-32(48)12-10-31)46(60)58-24-23-57(25-26-59)43(29)45(37)58)56-21-19-55(20-22-56)34-15-13-33(14-16-34)53-65(61)36-17-18-38(52-64-35-7-5-4-6-8-35)40(27-36)66(62,63)47(49,50)51/h4-13,15,17-18,27-29,37,52-53,59H,14,16,19-26H2,1-3H3. The van der Waals surface area contributed by atoms with Crippen LogP contribution in [0.4, 0.5) is 18.9 Å². The maximum atomic E-state index is 14.4. The fraction of sp³-hybridized carbons (Fsp3) is 0.340. The molecule has 3 aliphatic heterocycles. The topological polar surface area (TPSA) is 130 Å². The van der Waals surface area contributed by atoms with E-state index in [1.165, 1.54) is 17.8 Å². The molecule has 3 atom stereocenters. The number of nitrogens with one attached hydrogen (secondary N) is 2. The molecule has 0 radical (unpaired) electrons. The number of rotatable bonds is 12. The summed E-state index contributed by atoms with van der Waals surface area (Å²) in [7, 11) is -5.83. The summed E-state index contributed by atoms with van der Waals surface area (Å²) >= 11 is 7.28. The zero-order chi connectivity index (χ0) is 46.7. The van der Waals surface area contributed by atoms with E-state index in [0.717, 1.165) is 89.4 Å². The van der Waals surface area contributed by atoms with Crippen molar-refractivity contribution in [3.05, 3.63) is 141 Å². The highest BCUT2D eigenvalue weighted by Crippen LogP contribution is 2.52. The van der Waals surface area contributed by atoms with E-state index in [-0.39, 0.29) is 34.9 Å². The van der Waals surface area contributed by atoms with Gasteiger partial charge in [-0.3, -0.25) is 4.79 Å². The molecule has 1 saturated heterocycles. The number of nitrogens with zero attached hydrogens (tertiary/aromatic N) is 5. The molecular weight excluding hydrogens is 931 g/mol. The Bertz CT molecular complexity index is 2840. The molecule has 12 nitrogen and oxygen atoms in total. The maximum absolute atomic E-state index is 14.4. The lowest BCUT2D eigenvalue weighted by Crippen LogP contribution is -2.53. The van der Waals surface area contributed by atoms with Crippen molar-refractivity contribution in [1.82, 2.24) is 28.9 Å². The molecule has 0 saturated carbocycles. The van der Waals surface area contributed by atoms with E-state index in [1.54, 1.807) is 30.3 Å². The molecule has 348 valence electrons. The monoisotopic (exact) mass is 979 g/mol. The number of amides is 1. The number of fused-ring (bicyclic) bond motifs is 2. The first kappa shape index (κ1) is 46.0. The first-order valence-corrected chi connectivity index (χ1v) is 25.5. The summed E-state index contributed by atoms with van der Waals surface area (Å²) in [6.07, 6.45) is 7.25. The molecule has 3 unspecified atom stereocenters. The van der Waals surface area contributed by atoms with Crippen LogP contribution in [0.25, 0.3) is 11.3 Å². The van der Waals surface area contributed by atoms with Gasteiger partial charge in [-0.15, -0.1) is 0 Å². The van der Waals surface area contributed by atoms with Crippen LogP contribution in [0.3, 0.4) is 0 Å². The van der Waals surface area contributed by atoms with Crippen molar-refractivity contribution in [2.24, 2.45) is 13.0 Å². The smallest absolute Gasteiger partial charge is 0.395 e. The quantitative estimate of drug-likeness (QED) is 0.120. The summed E-state index contributed by atoms with van der Waals surface area (Å²) in [6, 6.07) is 19.8. The van der Waals surface area contributed by atoms with Crippen molar-refractivity contribution >= 4 is 56.0 Å². The molecule has 2 aliphatic carbocycles. The summed E-state index contributed by atoms with van der Waals surface area (Å²) in [5, 5.41) is 10.8. The summed E-state index contributed by atoms with van der Waals surface area (Å²) in [5.41, 5.74) is 3.71. The zero-order valence-corrected chi connectivity index (χ0v) is 39.6. The lowest BCUT2D eigenvalue weighted by Gasteiger charge is -2.51. The van der Waals surface area contributed by atoms with Gasteiger partial charge in [0.05, 0.1) is 34.1 Å². The van der Waals surface area contributed by atoms with Crippen LogP contribution >= 0.6 is 23.5 Å². The number of hydrogen-bond donors (Lipinski definition) is 3. The van der Waals surface area contributed by atoms with Crippen molar-refractivity contribution < 1.29 is 35.7 Å². The number of β-amino-alcohol motifs (C(OH)–C–C–N with tert-alkyl or cyclic N) is 1. The van der Waals surface area contributed by atoms with Crippen molar-refractivity contribution in [1.29, 1.82) is 0 Å². The minimum Gasteiger partial charge on any atom is -0.395 e. The lowest BCUT2D eigenvalue weighted by atomic mass is 9.76. The lowest BCUT2D eigenvalue weighted by molar-refractivity contribution is -0.0435. The van der Waals surface area contributed by atoms with Crippen molar-refractivity contribution in [3.63, 3.8) is 0 Å². The van der Waals surface area contributed by atoms with E-state index in [9.17, 15) is 35.7 Å². The van der Waals surface area contributed by atoms with Gasteiger partial charge in [0, 0.05) is 109 Å². The van der Waals surface area contributed by atoms with Gasteiger partial charge in [0.1, 0.15) is 15.9 Å². The number of carbonyl (C=O) groups is 1. The van der Waals surface area contributed by atoms with Gasteiger partial charge in [-0.2, -0.15) is 13.2 Å². The van der Waals surface area contributed by atoms with Gasteiger partial charge in [0.15, 0.2) is 0 Å². The second-order valence-corrected chi connectivity index (χ2v) is 21.3. The number of aliphatic hydroxyl groups excluding tert-OH is 1. The molecule has 3 N–H and O–H groups in total. The van der Waals surface area contributed by atoms with Gasteiger partial charge in [0.25, 0.3) is 15.7 Å². The second-order valence-electron chi connectivity index (χ2n) is 16.8. The number of sulfone groups is 1. The summed E-state index contributed by atoms with van der Waals surface area (Å²) in [6.45, 7) is 8.79. The highest BCUT2D eigenvalue weighted by atomic mass is 35.5. The molecule has 19 heteroatoms. The number of alkyl halides is 3. The molecule has 1 aromatic heterocycles. The van der Waals surface area contributed by atoms with Gasteiger partial charge in [-0.1, -0.05) is 54.9 Å². The summed E-state index contributed by atoms with van der Waals surface area (Å²) in [5.74, 6) is -0.221. The first-order valence-electron chi connectivity index (χ1n) is 21.7. The number of benzene rings is 3. The molecule has 5 aliphatic rings. The average Bonchev–Trinajstić information content (AvgIpc) is 3.57. The van der Waals surface area contributed by atoms with Crippen LogP contribution in [0.1, 0.15) is 47.3 Å². The molecule has 4 aromatic rings. The van der Waals surface area contributed by atoms with E-state index in [1.807, 2.05) is 55.3 Å². The number of halogens is 4. The van der Waals surface area contributed by atoms with E-state index in [2.05, 4.69) is 41.7 Å². The van der Waals surface area contributed by atoms with Gasteiger partial charge in [0.2, 0.25) is 0 Å². The number of piperazine rings is 1. The van der Waals surface area contributed by atoms with Crippen LogP contribution < -0.4 is 9.44 Å². The number of hydrogen-bond acceptors (Lipinski definition) is 10. The van der Waals surface area contributed by atoms with Gasteiger partial charge in [-0.05, 0) is 91.9 Å². The Morgan fingerprint density at radius 2 is 1.64 bits per heavy atom. The fourth-order valence-corrected chi connectivity index (χ4v) is 12.7. The molecule has 1 fully saturated rings. The van der Waals surface area contributed by atoms with Crippen LogP contribution in [0.5, 0.6) is 0 Å². The van der Waals surface area contributed by atoms with Crippen LogP contribution in [0.15, 0.2) is 134 Å². The van der Waals surface area contributed by atoms with Crippen LogP contribution in [-0.4, -0.2) is 106 Å². The Labute approximate surface area is 394 Å². The number of anilines is 1. The van der Waals surface area contributed by atoms with Crippen molar-refractivity contribution in [2.45, 2.75) is 52.8 Å². The van der Waals surface area contributed by atoms with Crippen LogP contribution in [0.2, 0.25) is 5.02 Å². The Kier molecular flexibility index (Phi) is 12.7. The largest absolute Gasteiger partial charge is 0.501 e. The summed E-state index contributed by atoms with van der Waals surface area (Å²) < 4.78 is 88.1. The summed E-state index contributed by atoms with van der Waals surface area (Å²) in [4.78, 5) is 23.0. The number of aliphatic hydroxyl groups is 1. The molecule has 0 spiro atoms. The number of carbonyl (C=O) groups excluding carboxylic acids is 1.